The number of carbonyl (C=O) groups excluding carboxylic acids is 1. The monoisotopic (exact) mass is 296 g/mol. The van der Waals surface area contributed by atoms with Crippen molar-refractivity contribution >= 4 is 40.8 Å². The number of alkyl halides is 3. The normalized spacial score (nSPS) is 13.2. The van der Waals surface area contributed by atoms with Crippen LogP contribution in [-0.2, 0) is 16.0 Å². The highest BCUT2D eigenvalue weighted by Gasteiger charge is 2.34. The van der Waals surface area contributed by atoms with Gasteiger partial charge in [0.15, 0.2) is 0 Å². The Labute approximate surface area is 114 Å². The first-order valence-corrected chi connectivity index (χ1v) is 5.99. The first-order chi connectivity index (χ1) is 7.93. The average molecular weight is 298 g/mol. The molecule has 0 bridgehead atoms. The number of benzene rings is 1. The van der Waals surface area contributed by atoms with E-state index in [1.165, 1.54) is 0 Å². The standard InChI is InChI=1S/C11H11Cl3O3/c12-11(13,14)10(16)17-9(7-15)6-8-4-2-1-3-5-8/h1-5,9,15H,6-7H2. The fraction of sp³-hybridized carbons (Fsp3) is 0.364. The minimum Gasteiger partial charge on any atom is -0.456 e. The maximum Gasteiger partial charge on any atom is 0.358 e. The van der Waals surface area contributed by atoms with E-state index >= 15 is 0 Å². The molecular weight excluding hydrogens is 286 g/mol. The maximum absolute atomic E-state index is 11.3. The number of esters is 1. The van der Waals surface area contributed by atoms with E-state index in [-0.39, 0.29) is 6.61 Å². The summed E-state index contributed by atoms with van der Waals surface area (Å²) >= 11 is 16.1. The van der Waals surface area contributed by atoms with E-state index in [4.69, 9.17) is 44.6 Å². The van der Waals surface area contributed by atoms with Crippen LogP contribution in [0.5, 0.6) is 0 Å². The van der Waals surface area contributed by atoms with Crippen LogP contribution in [0.4, 0.5) is 0 Å². The zero-order chi connectivity index (χ0) is 12.9. The van der Waals surface area contributed by atoms with Crippen molar-refractivity contribution in [3.05, 3.63) is 35.9 Å². The molecule has 1 unspecified atom stereocenters. The molecule has 1 aromatic carbocycles. The van der Waals surface area contributed by atoms with Gasteiger partial charge in [-0.25, -0.2) is 4.79 Å². The molecule has 0 saturated heterocycles. The second-order valence-corrected chi connectivity index (χ2v) is 5.68. The Kier molecular flexibility index (Phi) is 5.53. The second kappa shape index (κ2) is 6.45. The van der Waals surface area contributed by atoms with Crippen LogP contribution in [0.1, 0.15) is 5.56 Å². The molecule has 0 aliphatic carbocycles. The minimum absolute atomic E-state index is 0.332. The summed E-state index contributed by atoms with van der Waals surface area (Å²) in [5, 5.41) is 9.10. The van der Waals surface area contributed by atoms with E-state index in [9.17, 15) is 4.79 Å². The summed E-state index contributed by atoms with van der Waals surface area (Å²) in [5.41, 5.74) is 0.920. The van der Waals surface area contributed by atoms with Crippen molar-refractivity contribution in [1.82, 2.24) is 0 Å². The van der Waals surface area contributed by atoms with Crippen LogP contribution < -0.4 is 0 Å². The van der Waals surface area contributed by atoms with Crippen molar-refractivity contribution in [2.75, 3.05) is 6.61 Å². The highest BCUT2D eigenvalue weighted by Crippen LogP contribution is 2.28. The quantitative estimate of drug-likeness (QED) is 0.686. The number of carbonyl (C=O) groups is 1. The van der Waals surface area contributed by atoms with Crippen LogP contribution in [0.2, 0.25) is 0 Å². The van der Waals surface area contributed by atoms with Crippen LogP contribution in [0, 0.1) is 0 Å². The highest BCUT2D eigenvalue weighted by atomic mass is 35.6. The summed E-state index contributed by atoms with van der Waals surface area (Å²) in [5.74, 6) is -0.988. The zero-order valence-electron chi connectivity index (χ0n) is 8.78. The molecule has 0 fully saturated rings. The molecule has 0 heterocycles. The van der Waals surface area contributed by atoms with Crippen molar-refractivity contribution in [2.45, 2.75) is 16.3 Å². The smallest absolute Gasteiger partial charge is 0.358 e. The third-order valence-electron chi connectivity index (χ3n) is 2.01. The van der Waals surface area contributed by atoms with Gasteiger partial charge in [-0.1, -0.05) is 65.1 Å². The number of aliphatic hydroxyl groups is 1. The van der Waals surface area contributed by atoms with Gasteiger partial charge in [0.05, 0.1) is 6.61 Å². The van der Waals surface area contributed by atoms with E-state index < -0.39 is 15.9 Å². The molecule has 0 aliphatic rings. The number of rotatable bonds is 4. The summed E-state index contributed by atoms with van der Waals surface area (Å²) in [6, 6.07) is 9.27. The SMILES string of the molecule is O=C(OC(CO)Cc1ccccc1)C(Cl)(Cl)Cl. The van der Waals surface area contributed by atoms with Gasteiger partial charge in [0.1, 0.15) is 6.10 Å². The van der Waals surface area contributed by atoms with E-state index in [0.717, 1.165) is 5.56 Å². The van der Waals surface area contributed by atoms with Gasteiger partial charge in [0, 0.05) is 6.42 Å². The summed E-state index contributed by atoms with van der Waals surface area (Å²) < 4.78 is 2.76. The summed E-state index contributed by atoms with van der Waals surface area (Å²) in [7, 11) is 0. The number of ether oxygens (including phenoxy) is 1. The molecular formula is C11H11Cl3O3. The van der Waals surface area contributed by atoms with Crippen LogP contribution in [-0.4, -0.2) is 27.6 Å². The van der Waals surface area contributed by atoms with Gasteiger partial charge in [0.2, 0.25) is 0 Å². The lowest BCUT2D eigenvalue weighted by molar-refractivity contribution is -0.149. The van der Waals surface area contributed by atoms with E-state index in [0.29, 0.717) is 6.42 Å². The average Bonchev–Trinajstić information content (AvgIpc) is 2.28. The molecule has 6 heteroatoms. The zero-order valence-corrected chi connectivity index (χ0v) is 11.0. The maximum atomic E-state index is 11.3. The second-order valence-electron chi connectivity index (χ2n) is 3.40. The summed E-state index contributed by atoms with van der Waals surface area (Å²) in [4.78, 5) is 11.3. The molecule has 0 saturated carbocycles. The molecule has 0 spiro atoms. The Morgan fingerprint density at radius 3 is 2.35 bits per heavy atom. The molecule has 1 N–H and O–H groups in total. The third kappa shape index (κ3) is 5.13. The summed E-state index contributed by atoms with van der Waals surface area (Å²) in [6.07, 6.45) is -0.357. The van der Waals surface area contributed by atoms with Gasteiger partial charge in [0.25, 0.3) is 3.79 Å². The topological polar surface area (TPSA) is 46.5 Å². The first-order valence-electron chi connectivity index (χ1n) is 4.86. The van der Waals surface area contributed by atoms with Crippen molar-refractivity contribution in [3.8, 4) is 0 Å². The summed E-state index contributed by atoms with van der Waals surface area (Å²) in [6.45, 7) is -0.332. The molecule has 0 radical (unpaired) electrons. The number of hydrogen-bond acceptors (Lipinski definition) is 3. The van der Waals surface area contributed by atoms with Gasteiger partial charge in [-0.3, -0.25) is 0 Å². The van der Waals surface area contributed by atoms with Crippen LogP contribution >= 0.6 is 34.8 Å². The van der Waals surface area contributed by atoms with Gasteiger partial charge in [-0.05, 0) is 5.56 Å². The highest BCUT2D eigenvalue weighted by molar-refractivity contribution is 6.75. The molecule has 0 aliphatic heterocycles. The van der Waals surface area contributed by atoms with Crippen LogP contribution in [0.25, 0.3) is 0 Å². The molecule has 0 amide bonds. The Bertz CT molecular complexity index is 362. The Hall–Kier alpha value is -0.480. The van der Waals surface area contributed by atoms with Gasteiger partial charge in [-0.15, -0.1) is 0 Å². The molecule has 1 atom stereocenters. The Morgan fingerprint density at radius 2 is 1.88 bits per heavy atom. The van der Waals surface area contributed by atoms with Crippen LogP contribution in [0.3, 0.4) is 0 Å². The number of hydrogen-bond donors (Lipinski definition) is 1. The third-order valence-corrected chi connectivity index (χ3v) is 2.48. The molecule has 1 aromatic rings. The van der Waals surface area contributed by atoms with Crippen LogP contribution in [0.15, 0.2) is 30.3 Å². The van der Waals surface area contributed by atoms with Crippen molar-refractivity contribution < 1.29 is 14.6 Å². The first kappa shape index (κ1) is 14.6. The van der Waals surface area contributed by atoms with Gasteiger partial charge < -0.3 is 9.84 Å². The minimum atomic E-state index is -2.12. The lowest BCUT2D eigenvalue weighted by atomic mass is 10.1. The molecule has 0 aromatic heterocycles. The van der Waals surface area contributed by atoms with E-state index in [1.54, 1.807) is 0 Å². The van der Waals surface area contributed by atoms with E-state index in [2.05, 4.69) is 0 Å². The molecule has 3 nitrogen and oxygen atoms in total. The largest absolute Gasteiger partial charge is 0.456 e. The van der Waals surface area contributed by atoms with Crippen molar-refractivity contribution in [2.24, 2.45) is 0 Å². The lowest BCUT2D eigenvalue weighted by Gasteiger charge is -2.18. The number of halogens is 3. The fourth-order valence-electron chi connectivity index (χ4n) is 1.24. The Morgan fingerprint density at radius 1 is 1.29 bits per heavy atom. The predicted octanol–water partition coefficient (Wildman–Crippen LogP) is 2.50. The fourth-order valence-corrected chi connectivity index (χ4v) is 1.37. The molecule has 1 rings (SSSR count). The van der Waals surface area contributed by atoms with Crippen molar-refractivity contribution in [3.63, 3.8) is 0 Å². The number of aliphatic hydroxyl groups excluding tert-OH is 1. The van der Waals surface area contributed by atoms with E-state index in [1.807, 2.05) is 30.3 Å². The van der Waals surface area contributed by atoms with Gasteiger partial charge in [-0.2, -0.15) is 0 Å². The molecule has 17 heavy (non-hydrogen) atoms. The van der Waals surface area contributed by atoms with Crippen molar-refractivity contribution in [1.29, 1.82) is 0 Å². The van der Waals surface area contributed by atoms with Gasteiger partial charge >= 0.3 is 5.97 Å². The molecule has 94 valence electrons. The lowest BCUT2D eigenvalue weighted by Crippen LogP contribution is -2.31. The predicted molar refractivity (Wildman–Crippen MR) is 67.4 cm³/mol. The Balaban J connectivity index is 2.59.